The van der Waals surface area contributed by atoms with Gasteiger partial charge >= 0.3 is 0 Å². The molecule has 6 nitrogen and oxygen atoms in total. The predicted octanol–water partition coefficient (Wildman–Crippen LogP) is 4.22. The van der Waals surface area contributed by atoms with Crippen LogP contribution in [0.5, 0.6) is 0 Å². The molecular weight excluding hydrogens is 438 g/mol. The molecule has 33 heavy (non-hydrogen) atoms. The monoisotopic (exact) mass is 463 g/mol. The molecule has 0 radical (unpaired) electrons. The van der Waals surface area contributed by atoms with Gasteiger partial charge in [0.1, 0.15) is 6.04 Å². The van der Waals surface area contributed by atoms with E-state index < -0.39 is 6.04 Å². The van der Waals surface area contributed by atoms with Crippen LogP contribution in [0.25, 0.3) is 0 Å². The molecule has 170 valence electrons. The summed E-state index contributed by atoms with van der Waals surface area (Å²) in [5.41, 5.74) is 2.09. The summed E-state index contributed by atoms with van der Waals surface area (Å²) in [5, 5.41) is 9.05. The van der Waals surface area contributed by atoms with E-state index in [1.54, 1.807) is 48.5 Å². The van der Waals surface area contributed by atoms with E-state index in [1.165, 1.54) is 0 Å². The molecule has 0 saturated carbocycles. The lowest BCUT2D eigenvalue weighted by atomic mass is 10.0. The number of carbonyl (C=O) groups excluding carboxylic acids is 3. The molecule has 3 aromatic rings. The highest BCUT2D eigenvalue weighted by Crippen LogP contribution is 2.13. The third kappa shape index (κ3) is 8.09. The minimum absolute atomic E-state index is 0.148. The van der Waals surface area contributed by atoms with E-state index in [4.69, 9.17) is 11.6 Å². The van der Waals surface area contributed by atoms with Crippen LogP contribution in [0.4, 0.5) is 5.69 Å². The molecule has 0 spiro atoms. The van der Waals surface area contributed by atoms with E-state index in [9.17, 15) is 14.4 Å². The Bertz CT molecular complexity index is 1060. The molecule has 0 aliphatic carbocycles. The Balaban J connectivity index is 1.51. The largest absolute Gasteiger partial charge is 0.354 e. The van der Waals surface area contributed by atoms with Crippen LogP contribution in [-0.2, 0) is 16.0 Å². The maximum atomic E-state index is 12.8. The zero-order chi connectivity index (χ0) is 23.5. The van der Waals surface area contributed by atoms with Gasteiger partial charge in [-0.25, -0.2) is 0 Å². The van der Waals surface area contributed by atoms with Gasteiger partial charge in [0.25, 0.3) is 5.91 Å². The molecule has 3 N–H and O–H groups in total. The van der Waals surface area contributed by atoms with E-state index in [1.807, 2.05) is 36.4 Å². The van der Waals surface area contributed by atoms with Crippen LogP contribution >= 0.6 is 11.6 Å². The van der Waals surface area contributed by atoms with Gasteiger partial charge in [-0.2, -0.15) is 0 Å². The molecule has 7 heteroatoms. The molecule has 0 aliphatic rings. The van der Waals surface area contributed by atoms with E-state index in [2.05, 4.69) is 16.0 Å². The Morgan fingerprint density at radius 2 is 1.45 bits per heavy atom. The number of carbonyl (C=O) groups is 3. The fourth-order valence-electron chi connectivity index (χ4n) is 3.23. The van der Waals surface area contributed by atoms with Crippen LogP contribution in [0, 0.1) is 0 Å². The van der Waals surface area contributed by atoms with Crippen molar-refractivity contribution in [3.8, 4) is 0 Å². The fraction of sp³-hybridized carbons (Fsp3) is 0.192. The van der Waals surface area contributed by atoms with Crippen molar-refractivity contribution >= 4 is 35.0 Å². The summed E-state index contributed by atoms with van der Waals surface area (Å²) in [6, 6.07) is 24.4. The van der Waals surface area contributed by atoms with Crippen LogP contribution in [0.3, 0.4) is 0 Å². The molecule has 0 bridgehead atoms. The second-order valence-corrected chi connectivity index (χ2v) is 7.97. The zero-order valence-corrected chi connectivity index (χ0v) is 18.8. The second kappa shape index (κ2) is 12.4. The highest BCUT2D eigenvalue weighted by atomic mass is 35.5. The molecule has 1 atom stereocenters. The van der Waals surface area contributed by atoms with Gasteiger partial charge in [-0.15, -0.1) is 0 Å². The van der Waals surface area contributed by atoms with Crippen molar-refractivity contribution in [2.45, 2.75) is 25.3 Å². The first kappa shape index (κ1) is 24.0. The second-order valence-electron chi connectivity index (χ2n) is 7.53. The highest BCUT2D eigenvalue weighted by molar-refractivity contribution is 6.30. The van der Waals surface area contributed by atoms with E-state index in [-0.39, 0.29) is 24.1 Å². The highest BCUT2D eigenvalue weighted by Gasteiger charge is 2.21. The van der Waals surface area contributed by atoms with Gasteiger partial charge in [0, 0.05) is 35.7 Å². The molecule has 3 rings (SSSR count). The Labute approximate surface area is 198 Å². The minimum Gasteiger partial charge on any atom is -0.354 e. The van der Waals surface area contributed by atoms with Gasteiger partial charge in [-0.05, 0) is 48.4 Å². The average molecular weight is 464 g/mol. The lowest BCUT2D eigenvalue weighted by molar-refractivity contribution is -0.123. The number of amides is 3. The summed E-state index contributed by atoms with van der Waals surface area (Å²) in [6.45, 7) is 0.319. The predicted molar refractivity (Wildman–Crippen MR) is 130 cm³/mol. The zero-order valence-electron chi connectivity index (χ0n) is 18.1. The summed E-state index contributed by atoms with van der Waals surface area (Å²) in [4.78, 5) is 37.6. The average Bonchev–Trinajstić information content (AvgIpc) is 2.84. The number of halogens is 1. The van der Waals surface area contributed by atoms with Gasteiger partial charge in [0.15, 0.2) is 0 Å². The lowest BCUT2D eigenvalue weighted by Gasteiger charge is -2.19. The van der Waals surface area contributed by atoms with Gasteiger partial charge in [0.05, 0.1) is 0 Å². The van der Waals surface area contributed by atoms with E-state index in [0.29, 0.717) is 35.7 Å². The number of hydrogen-bond acceptors (Lipinski definition) is 3. The smallest absolute Gasteiger partial charge is 0.251 e. The third-order valence-electron chi connectivity index (χ3n) is 4.95. The van der Waals surface area contributed by atoms with Gasteiger partial charge in [0.2, 0.25) is 11.8 Å². The van der Waals surface area contributed by atoms with Gasteiger partial charge in [-0.1, -0.05) is 60.1 Å². The number of benzene rings is 3. The Morgan fingerprint density at radius 1 is 0.818 bits per heavy atom. The Hall–Kier alpha value is -3.64. The maximum absolute atomic E-state index is 12.8. The molecule has 1 unspecified atom stereocenters. The first-order chi connectivity index (χ1) is 16.0. The minimum atomic E-state index is -0.733. The maximum Gasteiger partial charge on any atom is 0.251 e. The van der Waals surface area contributed by atoms with Crippen molar-refractivity contribution in [1.29, 1.82) is 0 Å². The molecule has 0 heterocycles. The van der Waals surface area contributed by atoms with Crippen LogP contribution in [0.2, 0.25) is 5.02 Å². The van der Waals surface area contributed by atoms with Crippen LogP contribution in [-0.4, -0.2) is 30.3 Å². The standard InChI is InChI=1S/C26H26ClN3O3/c27-21-13-15-22(16-14-21)29-24(31)12-7-17-28-26(33)23(18-19-8-3-1-4-9-19)30-25(32)20-10-5-2-6-11-20/h1-6,8-11,13-16,23H,7,12,17-18H2,(H,28,33)(H,29,31)(H,30,32). The number of rotatable bonds is 10. The first-order valence-corrected chi connectivity index (χ1v) is 11.1. The van der Waals surface area contributed by atoms with Gasteiger partial charge < -0.3 is 16.0 Å². The Kier molecular flexibility index (Phi) is 9.03. The molecule has 0 aromatic heterocycles. The van der Waals surface area contributed by atoms with Crippen molar-refractivity contribution in [3.05, 3.63) is 101 Å². The van der Waals surface area contributed by atoms with Crippen LogP contribution in [0.15, 0.2) is 84.9 Å². The summed E-state index contributed by atoms with van der Waals surface area (Å²) in [7, 11) is 0. The first-order valence-electron chi connectivity index (χ1n) is 10.7. The quantitative estimate of drug-likeness (QED) is 0.393. The third-order valence-corrected chi connectivity index (χ3v) is 5.20. The van der Waals surface area contributed by atoms with E-state index in [0.717, 1.165) is 5.56 Å². The SMILES string of the molecule is O=C(CCCNC(=O)C(Cc1ccccc1)NC(=O)c1ccccc1)Nc1ccc(Cl)cc1. The van der Waals surface area contributed by atoms with E-state index >= 15 is 0 Å². The van der Waals surface area contributed by atoms with Crippen molar-refractivity contribution in [3.63, 3.8) is 0 Å². The fourth-order valence-corrected chi connectivity index (χ4v) is 3.36. The molecule has 0 saturated heterocycles. The molecule has 0 fully saturated rings. The van der Waals surface area contributed by atoms with Crippen molar-refractivity contribution in [1.82, 2.24) is 10.6 Å². The van der Waals surface area contributed by atoms with Crippen molar-refractivity contribution in [2.24, 2.45) is 0 Å². The summed E-state index contributed by atoms with van der Waals surface area (Å²) in [6.07, 6.45) is 1.08. The summed E-state index contributed by atoms with van der Waals surface area (Å²) in [5.74, 6) is -0.750. The van der Waals surface area contributed by atoms with Crippen LogP contribution in [0.1, 0.15) is 28.8 Å². The van der Waals surface area contributed by atoms with Crippen molar-refractivity contribution < 1.29 is 14.4 Å². The van der Waals surface area contributed by atoms with Gasteiger partial charge in [-0.3, -0.25) is 14.4 Å². The number of nitrogens with one attached hydrogen (secondary N) is 3. The molecule has 0 aliphatic heterocycles. The van der Waals surface area contributed by atoms with Crippen LogP contribution < -0.4 is 16.0 Å². The molecule has 3 aromatic carbocycles. The molecular formula is C26H26ClN3O3. The summed E-state index contributed by atoms with van der Waals surface area (Å²) >= 11 is 5.84. The van der Waals surface area contributed by atoms with Crippen molar-refractivity contribution in [2.75, 3.05) is 11.9 Å². The Morgan fingerprint density at radius 3 is 2.12 bits per heavy atom. The number of hydrogen-bond donors (Lipinski definition) is 3. The normalized spacial score (nSPS) is 11.3. The topological polar surface area (TPSA) is 87.3 Å². The lowest BCUT2D eigenvalue weighted by Crippen LogP contribution is -2.48. The molecule has 3 amide bonds. The summed E-state index contributed by atoms with van der Waals surface area (Å²) < 4.78 is 0. The number of anilines is 1.